The third kappa shape index (κ3) is 2.81. The van der Waals surface area contributed by atoms with Crippen LogP contribution in [-0.2, 0) is 0 Å². The van der Waals surface area contributed by atoms with Crippen LogP contribution in [0.15, 0.2) is 40.0 Å². The van der Waals surface area contributed by atoms with Gasteiger partial charge in [-0.2, -0.15) is 5.10 Å². The summed E-state index contributed by atoms with van der Waals surface area (Å²) in [4.78, 5) is 12.0. The number of hydrogen-bond acceptors (Lipinski definition) is 5. The third-order valence-electron chi connectivity index (χ3n) is 3.39. The van der Waals surface area contributed by atoms with E-state index in [1.165, 1.54) is 6.26 Å². The molecule has 6 heteroatoms. The number of nitrogens with one attached hydrogen (secondary N) is 1. The molecule has 0 spiro atoms. The molecule has 1 aromatic heterocycles. The van der Waals surface area contributed by atoms with Gasteiger partial charge < -0.3 is 13.9 Å². The molecular weight excluding hydrogens is 284 g/mol. The van der Waals surface area contributed by atoms with Crippen molar-refractivity contribution in [3.05, 3.63) is 47.4 Å². The van der Waals surface area contributed by atoms with Crippen molar-refractivity contribution in [2.45, 2.75) is 13.8 Å². The Hall–Kier alpha value is -2.76. The molecule has 0 saturated heterocycles. The molecule has 1 aromatic carbocycles. The van der Waals surface area contributed by atoms with Crippen molar-refractivity contribution in [1.82, 2.24) is 5.43 Å². The molecule has 0 atom stereocenters. The predicted octanol–water partition coefficient (Wildman–Crippen LogP) is 2.51. The number of hydrazone groups is 1. The van der Waals surface area contributed by atoms with Crippen molar-refractivity contribution in [2.24, 2.45) is 5.10 Å². The number of amides is 1. The number of rotatable bonds is 3. The van der Waals surface area contributed by atoms with Crippen LogP contribution in [0.4, 0.5) is 0 Å². The SMILES string of the molecule is C/C(=N/NC(=O)c1ccoc1C)c1ccc2c(c1)OCCO2. The maximum Gasteiger partial charge on any atom is 0.274 e. The topological polar surface area (TPSA) is 73.1 Å². The van der Waals surface area contributed by atoms with Gasteiger partial charge in [0.2, 0.25) is 0 Å². The number of benzene rings is 1. The number of carbonyl (C=O) groups excluding carboxylic acids is 1. The van der Waals surface area contributed by atoms with Gasteiger partial charge in [0.15, 0.2) is 11.5 Å². The van der Waals surface area contributed by atoms with Crippen LogP contribution in [0, 0.1) is 6.92 Å². The second-order valence-electron chi connectivity index (χ2n) is 4.89. The van der Waals surface area contributed by atoms with Crippen LogP contribution in [-0.4, -0.2) is 24.8 Å². The highest BCUT2D eigenvalue weighted by Gasteiger charge is 2.13. The molecule has 1 aliphatic heterocycles. The number of fused-ring (bicyclic) bond motifs is 1. The van der Waals surface area contributed by atoms with Crippen LogP contribution >= 0.6 is 0 Å². The summed E-state index contributed by atoms with van der Waals surface area (Å²) < 4.78 is 16.1. The molecule has 3 rings (SSSR count). The molecule has 1 aliphatic rings. The molecular formula is C16H16N2O4. The van der Waals surface area contributed by atoms with E-state index in [2.05, 4.69) is 10.5 Å². The van der Waals surface area contributed by atoms with Crippen molar-refractivity contribution in [3.8, 4) is 11.5 Å². The standard InChI is InChI=1S/C16H16N2O4/c1-10(17-18-16(19)13-5-6-20-11(13)2)12-3-4-14-15(9-12)22-8-7-21-14/h3-6,9H,7-8H2,1-2H3,(H,18,19)/b17-10-. The molecule has 0 aliphatic carbocycles. The van der Waals surface area contributed by atoms with E-state index in [0.717, 1.165) is 11.3 Å². The smallest absolute Gasteiger partial charge is 0.274 e. The Morgan fingerprint density at radius 1 is 1.18 bits per heavy atom. The van der Waals surface area contributed by atoms with E-state index >= 15 is 0 Å². The highest BCUT2D eigenvalue weighted by atomic mass is 16.6. The number of ether oxygens (including phenoxy) is 2. The van der Waals surface area contributed by atoms with Crippen LogP contribution in [0.25, 0.3) is 0 Å². The average molecular weight is 300 g/mol. The first-order valence-electron chi connectivity index (χ1n) is 6.94. The molecule has 0 unspecified atom stereocenters. The maximum absolute atomic E-state index is 12.0. The second-order valence-corrected chi connectivity index (χ2v) is 4.89. The van der Waals surface area contributed by atoms with E-state index in [-0.39, 0.29) is 5.91 Å². The van der Waals surface area contributed by atoms with Gasteiger partial charge in [0.1, 0.15) is 19.0 Å². The fourth-order valence-corrected chi connectivity index (χ4v) is 2.15. The Morgan fingerprint density at radius 2 is 1.95 bits per heavy atom. The maximum atomic E-state index is 12.0. The summed E-state index contributed by atoms with van der Waals surface area (Å²) >= 11 is 0. The normalized spacial score (nSPS) is 13.8. The minimum absolute atomic E-state index is 0.303. The number of nitrogens with zero attached hydrogens (tertiary/aromatic N) is 1. The Bertz CT molecular complexity index is 733. The lowest BCUT2D eigenvalue weighted by Crippen LogP contribution is -2.20. The number of aryl methyl sites for hydroxylation is 1. The zero-order chi connectivity index (χ0) is 15.5. The Labute approximate surface area is 127 Å². The van der Waals surface area contributed by atoms with Crippen molar-refractivity contribution in [2.75, 3.05) is 13.2 Å². The largest absolute Gasteiger partial charge is 0.486 e. The summed E-state index contributed by atoms with van der Waals surface area (Å²) in [5, 5.41) is 4.12. The highest BCUT2D eigenvalue weighted by Crippen LogP contribution is 2.30. The van der Waals surface area contributed by atoms with E-state index in [1.807, 2.05) is 25.1 Å². The average Bonchev–Trinajstić information content (AvgIpc) is 2.98. The van der Waals surface area contributed by atoms with Gasteiger partial charge in [-0.1, -0.05) is 0 Å². The summed E-state index contributed by atoms with van der Waals surface area (Å²) in [7, 11) is 0. The molecule has 0 fully saturated rings. The predicted molar refractivity (Wildman–Crippen MR) is 80.6 cm³/mol. The van der Waals surface area contributed by atoms with Gasteiger partial charge in [-0.25, -0.2) is 5.43 Å². The zero-order valence-corrected chi connectivity index (χ0v) is 12.4. The highest BCUT2D eigenvalue weighted by molar-refractivity contribution is 6.01. The van der Waals surface area contributed by atoms with Gasteiger partial charge in [-0.3, -0.25) is 4.79 Å². The first kappa shape index (κ1) is 14.2. The lowest BCUT2D eigenvalue weighted by Gasteiger charge is -2.18. The summed E-state index contributed by atoms with van der Waals surface area (Å²) in [5.41, 5.74) is 4.52. The van der Waals surface area contributed by atoms with Crippen molar-refractivity contribution in [3.63, 3.8) is 0 Å². The minimum atomic E-state index is -0.303. The number of furan rings is 1. The van der Waals surface area contributed by atoms with Crippen LogP contribution in [0.3, 0.4) is 0 Å². The summed E-state index contributed by atoms with van der Waals surface area (Å²) in [6.07, 6.45) is 1.47. The fourth-order valence-electron chi connectivity index (χ4n) is 2.15. The van der Waals surface area contributed by atoms with Gasteiger partial charge in [0.05, 0.1) is 17.5 Å². The van der Waals surface area contributed by atoms with Gasteiger partial charge in [0, 0.05) is 5.56 Å². The zero-order valence-electron chi connectivity index (χ0n) is 12.4. The Kier molecular flexibility index (Phi) is 3.82. The van der Waals surface area contributed by atoms with Crippen molar-refractivity contribution < 1.29 is 18.7 Å². The quantitative estimate of drug-likeness (QED) is 0.698. The third-order valence-corrected chi connectivity index (χ3v) is 3.39. The molecule has 6 nitrogen and oxygen atoms in total. The Morgan fingerprint density at radius 3 is 2.68 bits per heavy atom. The van der Waals surface area contributed by atoms with E-state index in [4.69, 9.17) is 13.9 Å². The van der Waals surface area contributed by atoms with Crippen LogP contribution in [0.1, 0.15) is 28.6 Å². The molecule has 1 N–H and O–H groups in total. The van der Waals surface area contributed by atoms with Gasteiger partial charge in [-0.15, -0.1) is 0 Å². The molecule has 22 heavy (non-hydrogen) atoms. The van der Waals surface area contributed by atoms with E-state index < -0.39 is 0 Å². The summed E-state index contributed by atoms with van der Waals surface area (Å²) in [6.45, 7) is 4.63. The molecule has 2 aromatic rings. The molecule has 114 valence electrons. The van der Waals surface area contributed by atoms with Gasteiger partial charge in [-0.05, 0) is 38.1 Å². The van der Waals surface area contributed by atoms with Crippen LogP contribution in [0.5, 0.6) is 11.5 Å². The lowest BCUT2D eigenvalue weighted by molar-refractivity contribution is 0.0953. The van der Waals surface area contributed by atoms with E-state index in [1.54, 1.807) is 13.0 Å². The molecule has 0 saturated carbocycles. The lowest BCUT2D eigenvalue weighted by atomic mass is 10.1. The molecule has 0 radical (unpaired) electrons. The first-order chi connectivity index (χ1) is 10.6. The first-order valence-corrected chi connectivity index (χ1v) is 6.94. The van der Waals surface area contributed by atoms with Crippen molar-refractivity contribution >= 4 is 11.6 Å². The van der Waals surface area contributed by atoms with Crippen molar-refractivity contribution in [1.29, 1.82) is 0 Å². The second kappa shape index (κ2) is 5.93. The van der Waals surface area contributed by atoms with Crippen LogP contribution < -0.4 is 14.9 Å². The van der Waals surface area contributed by atoms with Gasteiger partial charge >= 0.3 is 0 Å². The number of hydrogen-bond donors (Lipinski definition) is 1. The molecule has 2 heterocycles. The molecule has 1 amide bonds. The summed E-state index contributed by atoms with van der Waals surface area (Å²) in [5.74, 6) is 1.67. The van der Waals surface area contributed by atoms with Crippen LogP contribution in [0.2, 0.25) is 0 Å². The number of carbonyl (C=O) groups is 1. The fraction of sp³-hybridized carbons (Fsp3) is 0.250. The van der Waals surface area contributed by atoms with Gasteiger partial charge in [0.25, 0.3) is 5.91 Å². The molecule has 0 bridgehead atoms. The Balaban J connectivity index is 1.74. The summed E-state index contributed by atoms with van der Waals surface area (Å²) in [6, 6.07) is 7.18. The van der Waals surface area contributed by atoms with E-state index in [0.29, 0.717) is 36.0 Å². The van der Waals surface area contributed by atoms with E-state index in [9.17, 15) is 4.79 Å². The minimum Gasteiger partial charge on any atom is -0.486 e. The monoisotopic (exact) mass is 300 g/mol.